The lowest BCUT2D eigenvalue weighted by Gasteiger charge is -2.21. The Kier molecular flexibility index (Phi) is 4.31. The Bertz CT molecular complexity index is 405. The van der Waals surface area contributed by atoms with E-state index < -0.39 is 0 Å². The molecule has 100 valence electrons. The van der Waals surface area contributed by atoms with Crippen molar-refractivity contribution in [2.45, 2.75) is 51.4 Å². The molecule has 2 nitrogen and oxygen atoms in total. The molecule has 0 saturated carbocycles. The van der Waals surface area contributed by atoms with Crippen LogP contribution in [0.5, 0.6) is 0 Å². The quantitative estimate of drug-likeness (QED) is 0.892. The fraction of sp³-hybridized carbons (Fsp3) is 0.600. The molecule has 1 aromatic carbocycles. The number of hydrogen-bond donors (Lipinski definition) is 1. The number of benzene rings is 1. The van der Waals surface area contributed by atoms with Gasteiger partial charge in [-0.15, -0.1) is 0 Å². The van der Waals surface area contributed by atoms with E-state index in [1.54, 1.807) is 0 Å². The van der Waals surface area contributed by atoms with Crippen LogP contribution in [0.4, 0.5) is 0 Å². The van der Waals surface area contributed by atoms with E-state index in [9.17, 15) is 0 Å². The zero-order valence-corrected chi connectivity index (χ0v) is 12.1. The minimum atomic E-state index is 0.0473. The summed E-state index contributed by atoms with van der Waals surface area (Å²) in [5.74, 6) is 0. The molecule has 0 aromatic heterocycles. The molecule has 2 rings (SSSR count). The van der Waals surface area contributed by atoms with Crippen LogP contribution in [0, 0.1) is 0 Å². The van der Waals surface area contributed by atoms with Crippen molar-refractivity contribution in [1.82, 2.24) is 5.32 Å². The minimum absolute atomic E-state index is 0.0473. The zero-order chi connectivity index (χ0) is 13.2. The Hall–Kier alpha value is -0.570. The molecule has 1 heterocycles. The number of hydrogen-bond acceptors (Lipinski definition) is 2. The highest BCUT2D eigenvalue weighted by molar-refractivity contribution is 6.30. The second kappa shape index (κ2) is 5.60. The van der Waals surface area contributed by atoms with Crippen molar-refractivity contribution in [1.29, 1.82) is 0 Å². The monoisotopic (exact) mass is 267 g/mol. The van der Waals surface area contributed by atoms with E-state index in [2.05, 4.69) is 32.2 Å². The van der Waals surface area contributed by atoms with Crippen LogP contribution in [0.15, 0.2) is 24.3 Å². The first-order chi connectivity index (χ1) is 8.46. The van der Waals surface area contributed by atoms with E-state index >= 15 is 0 Å². The summed E-state index contributed by atoms with van der Waals surface area (Å²) >= 11 is 6.00. The van der Waals surface area contributed by atoms with Crippen molar-refractivity contribution in [3.8, 4) is 0 Å². The summed E-state index contributed by atoms with van der Waals surface area (Å²) in [6.45, 7) is 7.38. The average molecular weight is 268 g/mol. The van der Waals surface area contributed by atoms with Gasteiger partial charge < -0.3 is 10.1 Å². The summed E-state index contributed by atoms with van der Waals surface area (Å²) < 4.78 is 5.97. The highest BCUT2D eigenvalue weighted by atomic mass is 35.5. The molecule has 18 heavy (non-hydrogen) atoms. The van der Waals surface area contributed by atoms with Gasteiger partial charge in [0, 0.05) is 17.6 Å². The highest BCUT2D eigenvalue weighted by Gasteiger charge is 2.31. The zero-order valence-electron chi connectivity index (χ0n) is 11.4. The van der Waals surface area contributed by atoms with Crippen LogP contribution in [0.1, 0.15) is 45.2 Å². The maximum Gasteiger partial charge on any atom is 0.0708 e. The molecule has 1 aromatic rings. The molecule has 1 aliphatic heterocycles. The van der Waals surface area contributed by atoms with Gasteiger partial charge in [0.15, 0.2) is 0 Å². The second-order valence-electron chi connectivity index (χ2n) is 5.72. The van der Waals surface area contributed by atoms with Crippen LogP contribution < -0.4 is 5.32 Å². The van der Waals surface area contributed by atoms with E-state index in [4.69, 9.17) is 16.3 Å². The van der Waals surface area contributed by atoms with Gasteiger partial charge in [0.25, 0.3) is 0 Å². The number of rotatable bonds is 4. The highest BCUT2D eigenvalue weighted by Crippen LogP contribution is 2.29. The summed E-state index contributed by atoms with van der Waals surface area (Å²) in [4.78, 5) is 0. The Balaban J connectivity index is 1.84. The lowest BCUT2D eigenvalue weighted by Crippen LogP contribution is -2.31. The van der Waals surface area contributed by atoms with E-state index in [1.165, 1.54) is 5.56 Å². The predicted octanol–water partition coefficient (Wildman–Crippen LogP) is 3.95. The minimum Gasteiger partial charge on any atom is -0.371 e. The van der Waals surface area contributed by atoms with Crippen molar-refractivity contribution in [3.63, 3.8) is 0 Å². The average Bonchev–Trinajstić information content (AvgIpc) is 2.66. The third-order valence-electron chi connectivity index (χ3n) is 3.55. The number of nitrogens with one attached hydrogen (secondary N) is 1. The van der Waals surface area contributed by atoms with E-state index in [0.717, 1.165) is 24.4 Å². The van der Waals surface area contributed by atoms with E-state index in [-0.39, 0.29) is 5.60 Å². The van der Waals surface area contributed by atoms with Crippen molar-refractivity contribution in [3.05, 3.63) is 34.9 Å². The van der Waals surface area contributed by atoms with Gasteiger partial charge in [-0.05, 0) is 51.3 Å². The molecule has 2 atom stereocenters. The summed E-state index contributed by atoms with van der Waals surface area (Å²) in [6.07, 6.45) is 2.62. The van der Waals surface area contributed by atoms with Crippen molar-refractivity contribution in [2.75, 3.05) is 6.54 Å². The molecular weight excluding hydrogens is 246 g/mol. The van der Waals surface area contributed by atoms with Crippen molar-refractivity contribution < 1.29 is 4.74 Å². The smallest absolute Gasteiger partial charge is 0.0708 e. The summed E-state index contributed by atoms with van der Waals surface area (Å²) in [7, 11) is 0. The normalized spacial score (nSPS) is 24.1. The van der Waals surface area contributed by atoms with E-state index in [0.29, 0.717) is 12.1 Å². The largest absolute Gasteiger partial charge is 0.371 e. The van der Waals surface area contributed by atoms with Gasteiger partial charge in [0.1, 0.15) is 0 Å². The lowest BCUT2D eigenvalue weighted by atomic mass is 10.1. The number of halogens is 1. The maximum absolute atomic E-state index is 6.00. The Morgan fingerprint density at radius 3 is 2.89 bits per heavy atom. The first-order valence-electron chi connectivity index (χ1n) is 6.63. The van der Waals surface area contributed by atoms with Gasteiger partial charge in [-0.3, -0.25) is 0 Å². The van der Waals surface area contributed by atoms with Crippen molar-refractivity contribution >= 4 is 11.6 Å². The van der Waals surface area contributed by atoms with Gasteiger partial charge in [0.05, 0.1) is 11.7 Å². The molecule has 3 heteroatoms. The fourth-order valence-corrected chi connectivity index (χ4v) is 2.62. The first kappa shape index (κ1) is 13.9. The first-order valence-corrected chi connectivity index (χ1v) is 7.01. The second-order valence-corrected chi connectivity index (χ2v) is 6.16. The Morgan fingerprint density at radius 1 is 1.50 bits per heavy atom. The van der Waals surface area contributed by atoms with Crippen LogP contribution in [0.25, 0.3) is 0 Å². The third kappa shape index (κ3) is 3.71. The molecule has 0 aliphatic carbocycles. The molecule has 0 amide bonds. The van der Waals surface area contributed by atoms with Crippen LogP contribution in [-0.4, -0.2) is 18.2 Å². The topological polar surface area (TPSA) is 21.3 Å². The summed E-state index contributed by atoms with van der Waals surface area (Å²) in [6, 6.07) is 8.31. The molecule has 0 radical (unpaired) electrons. The van der Waals surface area contributed by atoms with Crippen LogP contribution in [0.2, 0.25) is 5.02 Å². The summed E-state index contributed by atoms with van der Waals surface area (Å²) in [5.41, 5.74) is 1.27. The molecular formula is C15H22ClNO. The van der Waals surface area contributed by atoms with Gasteiger partial charge >= 0.3 is 0 Å². The van der Waals surface area contributed by atoms with Gasteiger partial charge in [-0.1, -0.05) is 23.7 Å². The SMILES string of the molecule is C[C@@H](NCC1CCC(C)(C)O1)c1cccc(Cl)c1. The van der Waals surface area contributed by atoms with Crippen LogP contribution in [0.3, 0.4) is 0 Å². The van der Waals surface area contributed by atoms with Gasteiger partial charge in [0.2, 0.25) is 0 Å². The van der Waals surface area contributed by atoms with Crippen molar-refractivity contribution in [2.24, 2.45) is 0 Å². The van der Waals surface area contributed by atoms with Gasteiger partial charge in [-0.2, -0.15) is 0 Å². The predicted molar refractivity (Wildman–Crippen MR) is 76.1 cm³/mol. The number of ether oxygens (including phenoxy) is 1. The Labute approximate surface area is 115 Å². The third-order valence-corrected chi connectivity index (χ3v) is 3.79. The summed E-state index contributed by atoms with van der Waals surface area (Å²) in [5, 5.41) is 4.31. The van der Waals surface area contributed by atoms with Crippen LogP contribution in [-0.2, 0) is 4.74 Å². The molecule has 1 fully saturated rings. The lowest BCUT2D eigenvalue weighted by molar-refractivity contribution is -0.0150. The molecule has 1 unspecified atom stereocenters. The van der Waals surface area contributed by atoms with Gasteiger partial charge in [-0.25, -0.2) is 0 Å². The Morgan fingerprint density at radius 2 is 2.28 bits per heavy atom. The van der Waals surface area contributed by atoms with E-state index in [1.807, 2.05) is 18.2 Å². The molecule has 1 N–H and O–H groups in total. The maximum atomic E-state index is 6.00. The molecule has 0 bridgehead atoms. The standard InChI is InChI=1S/C15H22ClNO/c1-11(12-5-4-6-13(16)9-12)17-10-14-7-8-15(2,3)18-14/h4-6,9,11,14,17H,7-8,10H2,1-3H3/t11-,14?/m1/s1. The molecule has 0 spiro atoms. The van der Waals surface area contributed by atoms with Crippen LogP contribution >= 0.6 is 11.6 Å². The fourth-order valence-electron chi connectivity index (χ4n) is 2.42. The molecule has 1 saturated heterocycles. The molecule has 1 aliphatic rings.